The summed E-state index contributed by atoms with van der Waals surface area (Å²) in [6.07, 6.45) is 1.59. The minimum atomic E-state index is 0.417. The second kappa shape index (κ2) is 4.87. The van der Waals surface area contributed by atoms with E-state index in [0.717, 1.165) is 5.75 Å². The molecule has 0 amide bonds. The van der Waals surface area contributed by atoms with Crippen LogP contribution in [0.3, 0.4) is 0 Å². The maximum Gasteiger partial charge on any atom is 0.219 e. The molecule has 0 atom stereocenters. The highest BCUT2D eigenvalue weighted by Crippen LogP contribution is 2.29. The van der Waals surface area contributed by atoms with Crippen LogP contribution in [0.4, 0.5) is 5.69 Å². The van der Waals surface area contributed by atoms with Gasteiger partial charge in [0.2, 0.25) is 5.88 Å². The van der Waals surface area contributed by atoms with E-state index in [4.69, 9.17) is 10.5 Å². The molecular weight excluding hydrogens is 212 g/mol. The predicted octanol–water partition coefficient (Wildman–Crippen LogP) is 3.58. The minimum absolute atomic E-state index is 0.417. The van der Waals surface area contributed by atoms with Crippen molar-refractivity contribution in [1.29, 1.82) is 0 Å². The van der Waals surface area contributed by atoms with Crippen molar-refractivity contribution in [2.45, 2.75) is 19.8 Å². The molecule has 0 spiro atoms. The molecule has 0 unspecified atom stereocenters. The Kier molecular flexibility index (Phi) is 3.28. The summed E-state index contributed by atoms with van der Waals surface area (Å²) in [6.45, 7) is 4.28. The topological polar surface area (TPSA) is 48.1 Å². The number of ether oxygens (including phenoxy) is 1. The van der Waals surface area contributed by atoms with Crippen LogP contribution >= 0.6 is 0 Å². The van der Waals surface area contributed by atoms with Crippen molar-refractivity contribution in [2.24, 2.45) is 0 Å². The van der Waals surface area contributed by atoms with Crippen LogP contribution in [0.25, 0.3) is 0 Å². The number of para-hydroxylation sites is 1. The van der Waals surface area contributed by atoms with Crippen LogP contribution in [0.15, 0.2) is 42.6 Å². The summed E-state index contributed by atoms with van der Waals surface area (Å²) < 4.78 is 5.76. The summed E-state index contributed by atoms with van der Waals surface area (Å²) >= 11 is 0. The van der Waals surface area contributed by atoms with E-state index in [1.54, 1.807) is 18.3 Å². The molecule has 0 saturated heterocycles. The third-order valence-corrected chi connectivity index (χ3v) is 2.51. The molecule has 1 aromatic heterocycles. The lowest BCUT2D eigenvalue weighted by Crippen LogP contribution is -1.95. The molecule has 2 N–H and O–H groups in total. The molecule has 0 aliphatic heterocycles. The molecule has 0 saturated carbocycles. The summed E-state index contributed by atoms with van der Waals surface area (Å²) in [5, 5.41) is 0. The van der Waals surface area contributed by atoms with E-state index >= 15 is 0 Å². The lowest BCUT2D eigenvalue weighted by Gasteiger charge is -2.12. The monoisotopic (exact) mass is 228 g/mol. The highest BCUT2D eigenvalue weighted by molar-refractivity contribution is 5.40. The first-order valence-electron chi connectivity index (χ1n) is 5.65. The number of nitrogens with zero attached hydrogens (tertiary/aromatic N) is 1. The Balaban J connectivity index is 2.26. The average Bonchev–Trinajstić information content (AvgIpc) is 2.32. The first kappa shape index (κ1) is 11.5. The Morgan fingerprint density at radius 1 is 1.12 bits per heavy atom. The SMILES string of the molecule is CC(C)c1ccccc1Oc1ccc(N)cn1. The molecule has 2 aromatic rings. The molecule has 0 aliphatic carbocycles. The number of pyridine rings is 1. The van der Waals surface area contributed by atoms with Crippen molar-refractivity contribution < 1.29 is 4.74 Å². The largest absolute Gasteiger partial charge is 0.439 e. The van der Waals surface area contributed by atoms with Gasteiger partial charge in [-0.1, -0.05) is 32.0 Å². The van der Waals surface area contributed by atoms with E-state index in [1.807, 2.05) is 18.2 Å². The summed E-state index contributed by atoms with van der Waals surface area (Å²) in [5.74, 6) is 1.83. The van der Waals surface area contributed by atoms with Crippen LogP contribution in [0.5, 0.6) is 11.6 Å². The van der Waals surface area contributed by atoms with Crippen LogP contribution in [-0.4, -0.2) is 4.98 Å². The van der Waals surface area contributed by atoms with Gasteiger partial charge >= 0.3 is 0 Å². The molecule has 0 radical (unpaired) electrons. The van der Waals surface area contributed by atoms with Crippen molar-refractivity contribution in [2.75, 3.05) is 5.73 Å². The Hall–Kier alpha value is -2.03. The van der Waals surface area contributed by atoms with Gasteiger partial charge in [0.1, 0.15) is 5.75 Å². The zero-order valence-corrected chi connectivity index (χ0v) is 10.1. The van der Waals surface area contributed by atoms with Gasteiger partial charge in [0, 0.05) is 6.07 Å². The number of nitrogen functional groups attached to an aromatic ring is 1. The molecule has 3 nitrogen and oxygen atoms in total. The maximum atomic E-state index is 5.76. The molecule has 0 fully saturated rings. The maximum absolute atomic E-state index is 5.76. The Morgan fingerprint density at radius 2 is 1.88 bits per heavy atom. The van der Waals surface area contributed by atoms with Crippen molar-refractivity contribution in [3.63, 3.8) is 0 Å². The van der Waals surface area contributed by atoms with Gasteiger partial charge < -0.3 is 10.5 Å². The molecule has 0 bridgehead atoms. The summed E-state index contributed by atoms with van der Waals surface area (Å²) in [5.41, 5.74) is 7.39. The normalized spacial score (nSPS) is 10.5. The Bertz CT molecular complexity index is 492. The number of anilines is 1. The molecule has 2 rings (SSSR count). The van der Waals surface area contributed by atoms with E-state index in [9.17, 15) is 0 Å². The van der Waals surface area contributed by atoms with Crippen LogP contribution in [0, 0.1) is 0 Å². The van der Waals surface area contributed by atoms with Gasteiger partial charge in [0.15, 0.2) is 0 Å². The van der Waals surface area contributed by atoms with Crippen LogP contribution < -0.4 is 10.5 Å². The first-order valence-corrected chi connectivity index (χ1v) is 5.65. The van der Waals surface area contributed by atoms with E-state index in [2.05, 4.69) is 24.9 Å². The van der Waals surface area contributed by atoms with Gasteiger partial charge in [0.25, 0.3) is 0 Å². The zero-order valence-electron chi connectivity index (χ0n) is 10.1. The van der Waals surface area contributed by atoms with Gasteiger partial charge in [-0.25, -0.2) is 4.98 Å². The van der Waals surface area contributed by atoms with Crippen LogP contribution in [-0.2, 0) is 0 Å². The molecular formula is C14H16N2O. The number of aromatic nitrogens is 1. The quantitative estimate of drug-likeness (QED) is 0.873. The summed E-state index contributed by atoms with van der Waals surface area (Å²) in [7, 11) is 0. The molecule has 0 aliphatic rings. The molecule has 1 aromatic carbocycles. The number of nitrogens with two attached hydrogens (primary N) is 1. The fourth-order valence-corrected chi connectivity index (χ4v) is 1.62. The average molecular weight is 228 g/mol. The first-order chi connectivity index (χ1) is 8.16. The lowest BCUT2D eigenvalue weighted by molar-refractivity contribution is 0.454. The Labute approximate surface area is 101 Å². The van der Waals surface area contributed by atoms with Gasteiger partial charge in [-0.05, 0) is 23.6 Å². The summed E-state index contributed by atoms with van der Waals surface area (Å²) in [6, 6.07) is 11.5. The van der Waals surface area contributed by atoms with Gasteiger partial charge in [-0.3, -0.25) is 0 Å². The van der Waals surface area contributed by atoms with Crippen molar-refractivity contribution in [3.05, 3.63) is 48.2 Å². The van der Waals surface area contributed by atoms with Gasteiger partial charge in [-0.15, -0.1) is 0 Å². The van der Waals surface area contributed by atoms with E-state index in [0.29, 0.717) is 17.5 Å². The lowest BCUT2D eigenvalue weighted by atomic mass is 10.0. The second-order valence-corrected chi connectivity index (χ2v) is 4.22. The van der Waals surface area contributed by atoms with E-state index in [-0.39, 0.29) is 0 Å². The molecule has 1 heterocycles. The standard InChI is InChI=1S/C14H16N2O/c1-10(2)12-5-3-4-6-13(12)17-14-8-7-11(15)9-16-14/h3-10H,15H2,1-2H3. The second-order valence-electron chi connectivity index (χ2n) is 4.22. The van der Waals surface area contributed by atoms with Crippen molar-refractivity contribution in [3.8, 4) is 11.6 Å². The van der Waals surface area contributed by atoms with Crippen LogP contribution in [0.2, 0.25) is 0 Å². The third kappa shape index (κ3) is 2.75. The predicted molar refractivity (Wildman–Crippen MR) is 69.3 cm³/mol. The number of benzene rings is 1. The highest BCUT2D eigenvalue weighted by Gasteiger charge is 2.08. The third-order valence-electron chi connectivity index (χ3n) is 2.51. The number of hydrogen-bond acceptors (Lipinski definition) is 3. The fraction of sp³-hybridized carbons (Fsp3) is 0.214. The molecule has 3 heteroatoms. The van der Waals surface area contributed by atoms with E-state index in [1.165, 1.54) is 5.56 Å². The fourth-order valence-electron chi connectivity index (χ4n) is 1.62. The van der Waals surface area contributed by atoms with Gasteiger partial charge in [0.05, 0.1) is 11.9 Å². The number of hydrogen-bond donors (Lipinski definition) is 1. The number of rotatable bonds is 3. The Morgan fingerprint density at radius 3 is 2.53 bits per heavy atom. The highest BCUT2D eigenvalue weighted by atomic mass is 16.5. The van der Waals surface area contributed by atoms with Crippen molar-refractivity contribution in [1.82, 2.24) is 4.98 Å². The van der Waals surface area contributed by atoms with Gasteiger partial charge in [-0.2, -0.15) is 0 Å². The molecule has 17 heavy (non-hydrogen) atoms. The smallest absolute Gasteiger partial charge is 0.219 e. The van der Waals surface area contributed by atoms with E-state index < -0.39 is 0 Å². The van der Waals surface area contributed by atoms with Crippen LogP contribution in [0.1, 0.15) is 25.3 Å². The minimum Gasteiger partial charge on any atom is -0.439 e. The zero-order chi connectivity index (χ0) is 12.3. The van der Waals surface area contributed by atoms with Crippen molar-refractivity contribution >= 4 is 5.69 Å². The summed E-state index contributed by atoms with van der Waals surface area (Å²) in [4.78, 5) is 4.13. The molecule has 88 valence electrons.